The van der Waals surface area contributed by atoms with Crippen LogP contribution in [0, 0.1) is 0 Å². The summed E-state index contributed by atoms with van der Waals surface area (Å²) in [5, 5.41) is 14.7. The predicted molar refractivity (Wildman–Crippen MR) is 110 cm³/mol. The lowest BCUT2D eigenvalue weighted by molar-refractivity contribution is 0.248. The van der Waals surface area contributed by atoms with E-state index in [9.17, 15) is 4.79 Å². The van der Waals surface area contributed by atoms with Gasteiger partial charge in [0.1, 0.15) is 6.17 Å². The lowest BCUT2D eigenvalue weighted by atomic mass is 10.1. The van der Waals surface area contributed by atoms with Crippen LogP contribution in [0.2, 0.25) is 0 Å². The topological polar surface area (TPSA) is 78.1 Å². The number of nitrogens with zero attached hydrogens (tertiary/aromatic N) is 1. The van der Waals surface area contributed by atoms with E-state index in [0.29, 0.717) is 0 Å². The first-order valence-electron chi connectivity index (χ1n) is 8.90. The van der Waals surface area contributed by atoms with Crippen molar-refractivity contribution >= 4 is 34.4 Å². The fourth-order valence-corrected chi connectivity index (χ4v) is 3.74. The maximum Gasteiger partial charge on any atom is 0.319 e. The molecule has 2 amide bonds. The van der Waals surface area contributed by atoms with E-state index >= 15 is 0 Å². The summed E-state index contributed by atoms with van der Waals surface area (Å²) in [5.41, 5.74) is 6.55. The number of carbonyl (C=O) groups excluding carboxylic acids is 1. The minimum Gasteiger partial charge on any atom is -0.359 e. The molecule has 1 aliphatic heterocycles. The van der Waals surface area contributed by atoms with E-state index < -0.39 is 0 Å². The molecule has 0 bridgehead atoms. The average molecular weight is 379 g/mol. The van der Waals surface area contributed by atoms with Gasteiger partial charge in [0.25, 0.3) is 0 Å². The molecule has 1 unspecified atom stereocenters. The second kappa shape index (κ2) is 7.67. The molecule has 27 heavy (non-hydrogen) atoms. The van der Waals surface area contributed by atoms with Gasteiger partial charge in [0, 0.05) is 11.1 Å². The van der Waals surface area contributed by atoms with Gasteiger partial charge in [-0.2, -0.15) is 0 Å². The quantitative estimate of drug-likeness (QED) is 0.506. The Morgan fingerprint density at radius 3 is 2.74 bits per heavy atom. The summed E-state index contributed by atoms with van der Waals surface area (Å²) in [7, 11) is 0. The lowest BCUT2D eigenvalue weighted by Crippen LogP contribution is -2.32. The molecule has 3 aromatic rings. The van der Waals surface area contributed by atoms with Gasteiger partial charge in [0.05, 0.1) is 28.6 Å². The molecule has 4 N–H and O–H groups in total. The van der Waals surface area contributed by atoms with Gasteiger partial charge < -0.3 is 21.3 Å². The van der Waals surface area contributed by atoms with E-state index in [4.69, 9.17) is 0 Å². The molecule has 0 saturated heterocycles. The zero-order valence-electron chi connectivity index (χ0n) is 14.9. The smallest absolute Gasteiger partial charge is 0.319 e. The molecule has 1 aromatic heterocycles. The lowest BCUT2D eigenvalue weighted by Gasteiger charge is -2.18. The standard InChI is InChI=1S/C20H21N5OS/c1-2-15(13-6-4-3-5-7-13)25-20(26)22-14-8-9-16-17(10-14)24-19(23-16)18-11-27-12-21-18/h3-12,15,19,23-24H,2H2,1H3,(H2,22,25,26)/t15-,19?/m0/s1. The Kier molecular flexibility index (Phi) is 4.93. The third-order valence-corrected chi connectivity index (χ3v) is 5.14. The summed E-state index contributed by atoms with van der Waals surface area (Å²) in [6.45, 7) is 2.06. The van der Waals surface area contributed by atoms with Crippen LogP contribution in [0.15, 0.2) is 59.4 Å². The van der Waals surface area contributed by atoms with E-state index in [1.54, 1.807) is 11.3 Å². The number of anilines is 3. The highest BCUT2D eigenvalue weighted by atomic mass is 32.1. The summed E-state index contributed by atoms with van der Waals surface area (Å²) in [4.78, 5) is 16.8. The molecular formula is C20H21N5OS. The van der Waals surface area contributed by atoms with Gasteiger partial charge in [-0.25, -0.2) is 9.78 Å². The van der Waals surface area contributed by atoms with Crippen molar-refractivity contribution in [3.63, 3.8) is 0 Å². The molecule has 4 rings (SSSR count). The highest BCUT2D eigenvalue weighted by molar-refractivity contribution is 7.07. The van der Waals surface area contributed by atoms with Crippen molar-refractivity contribution in [3.8, 4) is 0 Å². The van der Waals surface area contributed by atoms with Crippen molar-refractivity contribution in [2.45, 2.75) is 25.6 Å². The number of amides is 2. The molecule has 6 nitrogen and oxygen atoms in total. The second-order valence-electron chi connectivity index (χ2n) is 6.37. The zero-order chi connectivity index (χ0) is 18.6. The van der Waals surface area contributed by atoms with Crippen molar-refractivity contribution in [2.24, 2.45) is 0 Å². The number of nitrogens with one attached hydrogen (secondary N) is 4. The fourth-order valence-electron chi connectivity index (χ4n) is 3.16. The summed E-state index contributed by atoms with van der Waals surface area (Å²) >= 11 is 1.57. The van der Waals surface area contributed by atoms with Crippen LogP contribution in [0.3, 0.4) is 0 Å². The van der Waals surface area contributed by atoms with E-state index in [1.807, 2.05) is 59.4 Å². The number of benzene rings is 2. The number of hydrogen-bond donors (Lipinski definition) is 4. The molecule has 7 heteroatoms. The van der Waals surface area contributed by atoms with Crippen molar-refractivity contribution < 1.29 is 4.79 Å². The highest BCUT2D eigenvalue weighted by Crippen LogP contribution is 2.36. The van der Waals surface area contributed by atoms with Gasteiger partial charge >= 0.3 is 6.03 Å². The number of urea groups is 1. The van der Waals surface area contributed by atoms with Crippen LogP contribution in [0.25, 0.3) is 0 Å². The number of rotatable bonds is 5. The third-order valence-electron chi connectivity index (χ3n) is 4.54. The number of aromatic nitrogens is 1. The van der Waals surface area contributed by atoms with Gasteiger partial charge in [0.15, 0.2) is 0 Å². The zero-order valence-corrected chi connectivity index (χ0v) is 15.7. The molecule has 0 radical (unpaired) electrons. The SMILES string of the molecule is CC[C@H](NC(=O)Nc1ccc2c(c1)NC(c1cscn1)N2)c1ccccc1. The first-order valence-corrected chi connectivity index (χ1v) is 9.85. The van der Waals surface area contributed by atoms with Crippen LogP contribution in [-0.2, 0) is 0 Å². The highest BCUT2D eigenvalue weighted by Gasteiger charge is 2.22. The van der Waals surface area contributed by atoms with Crippen LogP contribution in [0.4, 0.5) is 21.9 Å². The Morgan fingerprint density at radius 1 is 1.19 bits per heavy atom. The number of hydrogen-bond acceptors (Lipinski definition) is 5. The first kappa shape index (κ1) is 17.4. The van der Waals surface area contributed by atoms with Crippen molar-refractivity contribution in [1.29, 1.82) is 0 Å². The van der Waals surface area contributed by atoms with Gasteiger partial charge in [-0.15, -0.1) is 11.3 Å². The minimum atomic E-state index is -0.215. The molecule has 2 atom stereocenters. The van der Waals surface area contributed by atoms with Gasteiger partial charge in [0.2, 0.25) is 0 Å². The first-order chi connectivity index (χ1) is 13.2. The molecule has 2 heterocycles. The molecule has 2 aromatic carbocycles. The second-order valence-corrected chi connectivity index (χ2v) is 7.08. The van der Waals surface area contributed by atoms with E-state index in [-0.39, 0.29) is 18.2 Å². The normalized spacial score (nSPS) is 16.0. The molecule has 0 aliphatic carbocycles. The number of thiazole rings is 1. The van der Waals surface area contributed by atoms with Crippen LogP contribution in [0.1, 0.15) is 36.8 Å². The van der Waals surface area contributed by atoms with Crippen LogP contribution in [-0.4, -0.2) is 11.0 Å². The summed E-state index contributed by atoms with van der Waals surface area (Å²) in [6, 6.07) is 15.5. The maximum atomic E-state index is 12.4. The Balaban J connectivity index is 1.41. The molecule has 0 spiro atoms. The summed E-state index contributed by atoms with van der Waals surface area (Å²) in [5.74, 6) is 0. The third kappa shape index (κ3) is 3.88. The molecule has 138 valence electrons. The summed E-state index contributed by atoms with van der Waals surface area (Å²) in [6.07, 6.45) is 0.778. The average Bonchev–Trinajstić information content (AvgIpc) is 3.36. The summed E-state index contributed by atoms with van der Waals surface area (Å²) < 4.78 is 0. The van der Waals surface area contributed by atoms with Gasteiger partial charge in [-0.05, 0) is 30.2 Å². The van der Waals surface area contributed by atoms with Crippen molar-refractivity contribution in [3.05, 3.63) is 70.7 Å². The Morgan fingerprint density at radius 2 is 2.00 bits per heavy atom. The molecule has 0 saturated carbocycles. The fraction of sp³-hybridized carbons (Fsp3) is 0.200. The number of carbonyl (C=O) groups is 1. The Hall–Kier alpha value is -3.06. The molecular weight excluding hydrogens is 358 g/mol. The van der Waals surface area contributed by atoms with E-state index in [0.717, 1.165) is 34.7 Å². The van der Waals surface area contributed by atoms with Crippen LogP contribution >= 0.6 is 11.3 Å². The molecule has 0 fully saturated rings. The van der Waals surface area contributed by atoms with Crippen molar-refractivity contribution in [1.82, 2.24) is 10.3 Å². The van der Waals surface area contributed by atoms with E-state index in [2.05, 4.69) is 33.2 Å². The number of fused-ring (bicyclic) bond motifs is 1. The predicted octanol–water partition coefficient (Wildman–Crippen LogP) is 4.95. The Labute approximate surface area is 162 Å². The minimum absolute atomic E-state index is 0.0190. The van der Waals surface area contributed by atoms with Crippen LogP contribution in [0.5, 0.6) is 0 Å². The van der Waals surface area contributed by atoms with Gasteiger partial charge in [-0.3, -0.25) is 0 Å². The Bertz CT molecular complexity index is 913. The monoisotopic (exact) mass is 379 g/mol. The molecule has 1 aliphatic rings. The van der Waals surface area contributed by atoms with E-state index in [1.165, 1.54) is 0 Å². The van der Waals surface area contributed by atoms with Crippen LogP contribution < -0.4 is 21.3 Å². The van der Waals surface area contributed by atoms with Crippen molar-refractivity contribution in [2.75, 3.05) is 16.0 Å². The van der Waals surface area contributed by atoms with Gasteiger partial charge in [-0.1, -0.05) is 37.3 Å². The maximum absolute atomic E-state index is 12.4. The largest absolute Gasteiger partial charge is 0.359 e.